The summed E-state index contributed by atoms with van der Waals surface area (Å²) in [5.74, 6) is 0.923. The Hall–Kier alpha value is -2.62. The summed E-state index contributed by atoms with van der Waals surface area (Å²) >= 11 is 0. The molecule has 4 aromatic heterocycles. The van der Waals surface area contributed by atoms with E-state index in [-0.39, 0.29) is 0 Å². The van der Waals surface area contributed by atoms with Crippen LogP contribution in [0.4, 0.5) is 0 Å². The van der Waals surface area contributed by atoms with Crippen molar-refractivity contribution in [2.24, 2.45) is 0 Å². The number of aromatic nitrogens is 4. The normalized spacial score (nSPS) is 13.2. The van der Waals surface area contributed by atoms with E-state index in [2.05, 4.69) is 68.5 Å². The Morgan fingerprint density at radius 2 is 1.88 bits per heavy atom. The maximum atomic E-state index is 4.74. The first-order chi connectivity index (χ1) is 11.6. The fraction of sp³-hybridized carbons (Fsp3) is 0.300. The first kappa shape index (κ1) is 14.9. The van der Waals surface area contributed by atoms with Crippen LogP contribution in [-0.4, -0.2) is 19.2 Å². The fourth-order valence-corrected chi connectivity index (χ4v) is 3.34. The van der Waals surface area contributed by atoms with Crippen LogP contribution >= 0.6 is 0 Å². The Morgan fingerprint density at radius 3 is 2.71 bits per heavy atom. The van der Waals surface area contributed by atoms with Gasteiger partial charge in [0.15, 0.2) is 0 Å². The third-order valence-electron chi connectivity index (χ3n) is 4.72. The van der Waals surface area contributed by atoms with Gasteiger partial charge in [0.25, 0.3) is 0 Å². The number of hydrogen-bond donors (Lipinski definition) is 0. The lowest BCUT2D eigenvalue weighted by Crippen LogP contribution is -2.02. The van der Waals surface area contributed by atoms with Crippen molar-refractivity contribution in [3.8, 4) is 0 Å². The van der Waals surface area contributed by atoms with Gasteiger partial charge in [-0.3, -0.25) is 0 Å². The molecule has 0 bridgehead atoms. The van der Waals surface area contributed by atoms with E-state index in [0.29, 0.717) is 11.8 Å². The molecule has 24 heavy (non-hydrogen) atoms. The van der Waals surface area contributed by atoms with Crippen molar-refractivity contribution >= 4 is 11.0 Å². The highest BCUT2D eigenvalue weighted by atomic mass is 15.2. The van der Waals surface area contributed by atoms with Crippen molar-refractivity contribution in [1.82, 2.24) is 19.2 Å². The van der Waals surface area contributed by atoms with Gasteiger partial charge in [-0.15, -0.1) is 0 Å². The van der Waals surface area contributed by atoms with Gasteiger partial charge in [0.2, 0.25) is 0 Å². The highest BCUT2D eigenvalue weighted by molar-refractivity contribution is 5.56. The van der Waals surface area contributed by atoms with E-state index in [9.17, 15) is 0 Å². The zero-order chi connectivity index (χ0) is 16.7. The van der Waals surface area contributed by atoms with E-state index < -0.39 is 0 Å². The van der Waals surface area contributed by atoms with Gasteiger partial charge in [0.1, 0.15) is 0 Å². The second-order valence-electron chi connectivity index (χ2n) is 6.85. The van der Waals surface area contributed by atoms with Gasteiger partial charge < -0.3 is 0 Å². The Bertz CT molecular complexity index is 993. The average molecular weight is 318 g/mol. The first-order valence-electron chi connectivity index (χ1n) is 8.52. The Balaban J connectivity index is 1.65. The number of fused-ring (bicyclic) bond motifs is 2. The molecule has 0 fully saturated rings. The van der Waals surface area contributed by atoms with Crippen LogP contribution in [0.5, 0.6) is 0 Å². The quantitative estimate of drug-likeness (QED) is 0.557. The van der Waals surface area contributed by atoms with Crippen LogP contribution < -0.4 is 0 Å². The summed E-state index contributed by atoms with van der Waals surface area (Å²) in [6.07, 6.45) is 6.83. The van der Waals surface area contributed by atoms with E-state index in [4.69, 9.17) is 5.10 Å². The topological polar surface area (TPSA) is 34.6 Å². The SMILES string of the molecule is CC(C)c1ccn2nc(CC(C)c3cccn4nccc34)cc2c1. The summed E-state index contributed by atoms with van der Waals surface area (Å²) in [6, 6.07) is 12.9. The van der Waals surface area contributed by atoms with E-state index in [1.54, 1.807) is 0 Å². The van der Waals surface area contributed by atoms with Gasteiger partial charge in [-0.25, -0.2) is 9.03 Å². The van der Waals surface area contributed by atoms with Crippen LogP contribution in [0.1, 0.15) is 49.4 Å². The van der Waals surface area contributed by atoms with Gasteiger partial charge >= 0.3 is 0 Å². The smallest absolute Gasteiger partial charge is 0.0696 e. The minimum atomic E-state index is 0.389. The standard InChI is InChI=1S/C20H22N4/c1-14(2)16-7-10-23-18(12-16)13-17(22-23)11-15(3)19-5-4-9-24-20(19)6-8-21-24/h4-10,12-15H,11H2,1-3H3. The molecule has 4 nitrogen and oxygen atoms in total. The lowest BCUT2D eigenvalue weighted by atomic mass is 9.96. The molecule has 4 rings (SSSR count). The second-order valence-corrected chi connectivity index (χ2v) is 6.85. The molecule has 0 aromatic carbocycles. The molecule has 4 heterocycles. The molecule has 0 N–H and O–H groups in total. The van der Waals surface area contributed by atoms with Crippen LogP contribution in [0.25, 0.3) is 11.0 Å². The van der Waals surface area contributed by atoms with Crippen molar-refractivity contribution in [2.75, 3.05) is 0 Å². The van der Waals surface area contributed by atoms with Crippen LogP contribution in [0.3, 0.4) is 0 Å². The van der Waals surface area contributed by atoms with E-state index in [1.807, 2.05) is 21.4 Å². The molecule has 0 amide bonds. The van der Waals surface area contributed by atoms with Crippen molar-refractivity contribution in [2.45, 2.75) is 39.0 Å². The molecule has 0 saturated heterocycles. The van der Waals surface area contributed by atoms with Crippen LogP contribution in [0.2, 0.25) is 0 Å². The lowest BCUT2D eigenvalue weighted by Gasteiger charge is -2.11. The molecular formula is C20H22N4. The highest BCUT2D eigenvalue weighted by Gasteiger charge is 2.13. The molecule has 0 saturated carbocycles. The number of rotatable bonds is 4. The zero-order valence-electron chi connectivity index (χ0n) is 14.3. The summed E-state index contributed by atoms with van der Waals surface area (Å²) in [5.41, 5.74) is 6.15. The molecule has 1 atom stereocenters. The van der Waals surface area contributed by atoms with Crippen molar-refractivity contribution in [3.63, 3.8) is 0 Å². The summed E-state index contributed by atoms with van der Waals surface area (Å²) in [7, 11) is 0. The molecule has 122 valence electrons. The van der Waals surface area contributed by atoms with Gasteiger partial charge in [0, 0.05) is 18.6 Å². The molecule has 0 aliphatic rings. The van der Waals surface area contributed by atoms with E-state index >= 15 is 0 Å². The molecule has 0 radical (unpaired) electrons. The van der Waals surface area contributed by atoms with Gasteiger partial charge in [-0.1, -0.05) is 26.8 Å². The predicted octanol–water partition coefficient (Wildman–Crippen LogP) is 4.45. The summed E-state index contributed by atoms with van der Waals surface area (Å²) in [4.78, 5) is 0. The molecule has 1 unspecified atom stereocenters. The summed E-state index contributed by atoms with van der Waals surface area (Å²) in [6.45, 7) is 6.70. The number of pyridine rings is 2. The Morgan fingerprint density at radius 1 is 1.00 bits per heavy atom. The average Bonchev–Trinajstić information content (AvgIpc) is 3.19. The molecular weight excluding hydrogens is 296 g/mol. The van der Waals surface area contributed by atoms with Crippen LogP contribution in [0.15, 0.2) is 55.0 Å². The van der Waals surface area contributed by atoms with Gasteiger partial charge in [0.05, 0.1) is 16.7 Å². The van der Waals surface area contributed by atoms with Crippen molar-refractivity contribution in [3.05, 3.63) is 71.8 Å². The van der Waals surface area contributed by atoms with E-state index in [1.165, 1.54) is 22.2 Å². The minimum Gasteiger partial charge on any atom is -0.241 e. The molecule has 0 aliphatic carbocycles. The highest BCUT2D eigenvalue weighted by Crippen LogP contribution is 2.25. The largest absolute Gasteiger partial charge is 0.241 e. The van der Waals surface area contributed by atoms with E-state index in [0.717, 1.165) is 12.1 Å². The maximum absolute atomic E-state index is 4.74. The first-order valence-corrected chi connectivity index (χ1v) is 8.52. The number of nitrogens with zero attached hydrogens (tertiary/aromatic N) is 4. The summed E-state index contributed by atoms with van der Waals surface area (Å²) < 4.78 is 3.91. The monoisotopic (exact) mass is 318 g/mol. The zero-order valence-corrected chi connectivity index (χ0v) is 14.3. The predicted molar refractivity (Wildman–Crippen MR) is 96.6 cm³/mol. The van der Waals surface area contributed by atoms with Crippen LogP contribution in [-0.2, 0) is 6.42 Å². The number of hydrogen-bond acceptors (Lipinski definition) is 2. The molecule has 0 spiro atoms. The molecule has 4 heteroatoms. The van der Waals surface area contributed by atoms with Gasteiger partial charge in [-0.2, -0.15) is 10.2 Å². The molecule has 4 aromatic rings. The fourth-order valence-electron chi connectivity index (χ4n) is 3.34. The summed E-state index contributed by atoms with van der Waals surface area (Å²) in [5, 5.41) is 9.07. The third-order valence-corrected chi connectivity index (χ3v) is 4.72. The Labute approximate surface area is 141 Å². The maximum Gasteiger partial charge on any atom is 0.0696 e. The second kappa shape index (κ2) is 5.78. The van der Waals surface area contributed by atoms with Crippen molar-refractivity contribution in [1.29, 1.82) is 0 Å². The lowest BCUT2D eigenvalue weighted by molar-refractivity contribution is 0.728. The van der Waals surface area contributed by atoms with Gasteiger partial charge in [-0.05, 0) is 59.7 Å². The third kappa shape index (κ3) is 2.58. The molecule has 0 aliphatic heterocycles. The Kier molecular flexibility index (Phi) is 3.60. The minimum absolute atomic E-state index is 0.389. The van der Waals surface area contributed by atoms with Crippen LogP contribution in [0, 0.1) is 0 Å². The van der Waals surface area contributed by atoms with Crippen molar-refractivity contribution < 1.29 is 0 Å².